The molecular formula is C10H7F3N2S. The Morgan fingerprint density at radius 3 is 2.25 bits per heavy atom. The molecule has 0 saturated carbocycles. The van der Waals surface area contributed by atoms with E-state index >= 15 is 0 Å². The smallest absolute Gasteiger partial charge is 0.132 e. The van der Waals surface area contributed by atoms with Crippen molar-refractivity contribution in [1.82, 2.24) is 10.2 Å². The van der Waals surface area contributed by atoms with Gasteiger partial charge in [-0.2, -0.15) is 0 Å². The standard InChI is InChI=1S/C10H7F3N2S/c1-5-14-15-10(16-5)4-7-8(12)2-6(11)3-9(7)13/h2-3H,4H2,1H3. The summed E-state index contributed by atoms with van der Waals surface area (Å²) >= 11 is 1.25. The zero-order chi connectivity index (χ0) is 11.7. The number of hydrogen-bond acceptors (Lipinski definition) is 3. The Hall–Kier alpha value is -1.43. The van der Waals surface area contributed by atoms with Crippen LogP contribution in [-0.2, 0) is 6.42 Å². The van der Waals surface area contributed by atoms with Crippen LogP contribution in [0, 0.1) is 24.4 Å². The molecule has 0 unspecified atom stereocenters. The number of halogens is 3. The number of aromatic nitrogens is 2. The monoisotopic (exact) mass is 244 g/mol. The summed E-state index contributed by atoms with van der Waals surface area (Å²) < 4.78 is 39.2. The van der Waals surface area contributed by atoms with Crippen molar-refractivity contribution in [3.05, 3.63) is 45.2 Å². The zero-order valence-corrected chi connectivity index (χ0v) is 9.11. The fourth-order valence-electron chi connectivity index (χ4n) is 1.30. The summed E-state index contributed by atoms with van der Waals surface area (Å²) in [6, 6.07) is 1.32. The van der Waals surface area contributed by atoms with E-state index in [1.54, 1.807) is 6.92 Å². The lowest BCUT2D eigenvalue weighted by molar-refractivity contribution is 0.527. The Morgan fingerprint density at radius 2 is 1.75 bits per heavy atom. The van der Waals surface area contributed by atoms with Crippen molar-refractivity contribution in [2.45, 2.75) is 13.3 Å². The quantitative estimate of drug-likeness (QED) is 0.811. The highest BCUT2D eigenvalue weighted by atomic mass is 32.1. The lowest BCUT2D eigenvalue weighted by Crippen LogP contribution is -1.98. The molecule has 0 radical (unpaired) electrons. The first-order valence-corrected chi connectivity index (χ1v) is 5.30. The van der Waals surface area contributed by atoms with Crippen molar-refractivity contribution in [2.75, 3.05) is 0 Å². The molecule has 1 aromatic carbocycles. The van der Waals surface area contributed by atoms with Crippen LogP contribution in [0.5, 0.6) is 0 Å². The van der Waals surface area contributed by atoms with Gasteiger partial charge in [0.15, 0.2) is 0 Å². The predicted octanol–water partition coefficient (Wildman–Crippen LogP) is 2.85. The second kappa shape index (κ2) is 4.21. The van der Waals surface area contributed by atoms with Crippen LogP contribution in [0.3, 0.4) is 0 Å². The fourth-order valence-corrected chi connectivity index (χ4v) is 2.02. The van der Waals surface area contributed by atoms with Gasteiger partial charge in [-0.25, -0.2) is 13.2 Å². The Kier molecular flexibility index (Phi) is 2.91. The second-order valence-electron chi connectivity index (χ2n) is 3.24. The van der Waals surface area contributed by atoms with E-state index in [0.717, 1.165) is 5.01 Å². The van der Waals surface area contributed by atoms with Crippen LogP contribution in [0.15, 0.2) is 12.1 Å². The van der Waals surface area contributed by atoms with E-state index in [4.69, 9.17) is 0 Å². The molecule has 2 nitrogen and oxygen atoms in total. The van der Waals surface area contributed by atoms with Crippen molar-refractivity contribution in [1.29, 1.82) is 0 Å². The van der Waals surface area contributed by atoms with Crippen molar-refractivity contribution in [3.8, 4) is 0 Å². The summed E-state index contributed by atoms with van der Waals surface area (Å²) in [6.07, 6.45) is -0.0105. The maximum atomic E-state index is 13.3. The minimum atomic E-state index is -0.924. The molecule has 0 amide bonds. The zero-order valence-electron chi connectivity index (χ0n) is 8.30. The minimum absolute atomic E-state index is 0.0105. The highest BCUT2D eigenvalue weighted by Gasteiger charge is 2.13. The van der Waals surface area contributed by atoms with Gasteiger partial charge in [0.05, 0.1) is 0 Å². The van der Waals surface area contributed by atoms with E-state index in [2.05, 4.69) is 10.2 Å². The summed E-state index contributed by atoms with van der Waals surface area (Å²) in [5.74, 6) is -2.72. The molecule has 84 valence electrons. The topological polar surface area (TPSA) is 25.8 Å². The molecule has 1 aromatic heterocycles. The van der Waals surface area contributed by atoms with Crippen molar-refractivity contribution >= 4 is 11.3 Å². The summed E-state index contributed by atoms with van der Waals surface area (Å²) in [5.41, 5.74) is -0.183. The molecule has 1 heterocycles. The molecule has 16 heavy (non-hydrogen) atoms. The van der Waals surface area contributed by atoms with Gasteiger partial charge in [0.25, 0.3) is 0 Å². The van der Waals surface area contributed by atoms with Gasteiger partial charge in [-0.3, -0.25) is 0 Å². The highest BCUT2D eigenvalue weighted by molar-refractivity contribution is 7.11. The summed E-state index contributed by atoms with van der Waals surface area (Å²) in [7, 11) is 0. The Balaban J connectivity index is 2.34. The number of benzene rings is 1. The van der Waals surface area contributed by atoms with Gasteiger partial charge >= 0.3 is 0 Å². The molecule has 6 heteroatoms. The van der Waals surface area contributed by atoms with Crippen molar-refractivity contribution in [2.24, 2.45) is 0 Å². The van der Waals surface area contributed by atoms with Crippen LogP contribution in [0.2, 0.25) is 0 Å². The molecule has 0 aliphatic rings. The molecule has 0 atom stereocenters. The summed E-state index contributed by atoms with van der Waals surface area (Å²) in [6.45, 7) is 1.75. The molecule has 0 bridgehead atoms. The van der Waals surface area contributed by atoms with Gasteiger partial charge in [-0.05, 0) is 6.92 Å². The maximum absolute atomic E-state index is 13.3. The van der Waals surface area contributed by atoms with Gasteiger partial charge in [-0.1, -0.05) is 0 Å². The van der Waals surface area contributed by atoms with Crippen LogP contribution >= 0.6 is 11.3 Å². The molecule has 2 rings (SSSR count). The molecule has 2 aromatic rings. The van der Waals surface area contributed by atoms with Crippen LogP contribution < -0.4 is 0 Å². The molecule has 0 aliphatic carbocycles. The van der Waals surface area contributed by atoms with E-state index in [1.165, 1.54) is 11.3 Å². The Bertz CT molecular complexity index is 502. The molecular weight excluding hydrogens is 237 g/mol. The van der Waals surface area contributed by atoms with Crippen LogP contribution in [0.4, 0.5) is 13.2 Å². The third-order valence-electron chi connectivity index (χ3n) is 2.00. The van der Waals surface area contributed by atoms with Gasteiger partial charge in [-0.15, -0.1) is 21.5 Å². The fraction of sp³-hybridized carbons (Fsp3) is 0.200. The molecule has 0 aliphatic heterocycles. The third kappa shape index (κ3) is 2.21. The van der Waals surface area contributed by atoms with E-state index in [1.807, 2.05) is 0 Å². The van der Waals surface area contributed by atoms with E-state index < -0.39 is 17.5 Å². The molecule has 0 saturated heterocycles. The van der Waals surface area contributed by atoms with Gasteiger partial charge < -0.3 is 0 Å². The predicted molar refractivity (Wildman–Crippen MR) is 53.8 cm³/mol. The number of nitrogens with zero attached hydrogens (tertiary/aromatic N) is 2. The largest absolute Gasteiger partial charge is 0.207 e. The number of rotatable bonds is 2. The first-order chi connectivity index (χ1) is 7.56. The normalized spacial score (nSPS) is 10.8. The molecule has 0 fully saturated rings. The highest BCUT2D eigenvalue weighted by Crippen LogP contribution is 2.20. The van der Waals surface area contributed by atoms with Crippen LogP contribution in [0.1, 0.15) is 15.6 Å². The number of aryl methyl sites for hydroxylation is 1. The van der Waals surface area contributed by atoms with Gasteiger partial charge in [0, 0.05) is 24.1 Å². The van der Waals surface area contributed by atoms with Gasteiger partial charge in [0.1, 0.15) is 27.5 Å². The summed E-state index contributed by atoms with van der Waals surface area (Å²) in [5, 5.41) is 8.72. The first kappa shape index (κ1) is 11.1. The second-order valence-corrected chi connectivity index (χ2v) is 4.51. The van der Waals surface area contributed by atoms with Crippen molar-refractivity contribution in [3.63, 3.8) is 0 Å². The lowest BCUT2D eigenvalue weighted by atomic mass is 10.1. The first-order valence-electron chi connectivity index (χ1n) is 4.48. The Morgan fingerprint density at radius 1 is 1.12 bits per heavy atom. The van der Waals surface area contributed by atoms with Crippen LogP contribution in [-0.4, -0.2) is 10.2 Å². The summed E-state index contributed by atoms with van der Waals surface area (Å²) in [4.78, 5) is 0. The van der Waals surface area contributed by atoms with E-state index in [9.17, 15) is 13.2 Å². The van der Waals surface area contributed by atoms with Crippen LogP contribution in [0.25, 0.3) is 0 Å². The average Bonchev–Trinajstić information content (AvgIpc) is 2.58. The Labute approximate surface area is 93.8 Å². The SMILES string of the molecule is Cc1nnc(Cc2c(F)cc(F)cc2F)s1. The molecule has 0 N–H and O–H groups in total. The lowest BCUT2D eigenvalue weighted by Gasteiger charge is -2.02. The molecule has 0 spiro atoms. The van der Waals surface area contributed by atoms with Crippen molar-refractivity contribution < 1.29 is 13.2 Å². The van der Waals surface area contributed by atoms with E-state index in [0.29, 0.717) is 17.1 Å². The van der Waals surface area contributed by atoms with E-state index in [-0.39, 0.29) is 12.0 Å². The van der Waals surface area contributed by atoms with Gasteiger partial charge in [0.2, 0.25) is 0 Å². The number of hydrogen-bond donors (Lipinski definition) is 0. The average molecular weight is 244 g/mol. The minimum Gasteiger partial charge on any atom is -0.207 e. The third-order valence-corrected chi connectivity index (χ3v) is 2.84. The maximum Gasteiger partial charge on any atom is 0.132 e.